The van der Waals surface area contributed by atoms with Crippen molar-refractivity contribution >= 4 is 15.1 Å². The molecule has 0 saturated carbocycles. The van der Waals surface area contributed by atoms with Crippen LogP contribution >= 0.6 is 0 Å². The molecule has 0 unspecified atom stereocenters. The fraction of sp³-hybridized carbons (Fsp3) is 1.00. The smallest absolute Gasteiger partial charge is 1.00 e. The van der Waals surface area contributed by atoms with Crippen LogP contribution in [0.3, 0.4) is 0 Å². The summed E-state index contributed by atoms with van der Waals surface area (Å²) in [5.74, 6) is 0. The second kappa shape index (κ2) is 8.01. The molecule has 0 aromatic carbocycles. The zero-order valence-electron chi connectivity index (χ0n) is 6.80. The summed E-state index contributed by atoms with van der Waals surface area (Å²) in [6.07, 6.45) is 0. The average Bonchev–Trinajstić information content (AvgIpc) is 1.72. The van der Waals surface area contributed by atoms with E-state index in [1.165, 1.54) is 0 Å². The molecule has 0 aliphatic heterocycles. The van der Waals surface area contributed by atoms with Crippen LogP contribution in [0.1, 0.15) is 1.43 Å². The van der Waals surface area contributed by atoms with Crippen molar-refractivity contribution in [3.63, 3.8) is 0 Å². The zero-order valence-corrected chi connectivity index (χ0v) is 6.96. The van der Waals surface area contributed by atoms with E-state index in [9.17, 15) is 0 Å². The SMILES string of the molecule is C[O][Al]([O]C)[O]C.[H-].[Li+]. The molecule has 0 rings (SSSR count). The first kappa shape index (κ1) is 11.8. The van der Waals surface area contributed by atoms with Gasteiger partial charge in [0.15, 0.2) is 0 Å². The van der Waals surface area contributed by atoms with Gasteiger partial charge in [0.25, 0.3) is 0 Å². The quantitative estimate of drug-likeness (QED) is 0.380. The van der Waals surface area contributed by atoms with E-state index in [0.29, 0.717) is 0 Å². The number of rotatable bonds is 3. The van der Waals surface area contributed by atoms with E-state index in [2.05, 4.69) is 0 Å². The van der Waals surface area contributed by atoms with Crippen LogP contribution in [-0.4, -0.2) is 36.5 Å². The van der Waals surface area contributed by atoms with Crippen LogP contribution in [-0.2, 0) is 11.4 Å². The fourth-order valence-electron chi connectivity index (χ4n) is 0.289. The van der Waals surface area contributed by atoms with Crippen molar-refractivity contribution in [3.05, 3.63) is 0 Å². The maximum atomic E-state index is 4.74. The Bertz CT molecular complexity index is 40.5. The summed E-state index contributed by atoms with van der Waals surface area (Å²) in [6, 6.07) is 0. The normalized spacial score (nSPS) is 7.88. The summed E-state index contributed by atoms with van der Waals surface area (Å²) < 4.78 is 14.2. The molecule has 5 heteroatoms. The molecule has 0 bridgehead atoms. The minimum absolute atomic E-state index is 0. The van der Waals surface area contributed by atoms with Gasteiger partial charge in [-0.1, -0.05) is 0 Å². The summed E-state index contributed by atoms with van der Waals surface area (Å²) in [6.45, 7) is 0. The molecule has 0 aliphatic rings. The van der Waals surface area contributed by atoms with E-state index in [0.717, 1.165) is 0 Å². The van der Waals surface area contributed by atoms with Crippen LogP contribution in [0.5, 0.6) is 0 Å². The summed E-state index contributed by atoms with van der Waals surface area (Å²) in [5, 5.41) is 0. The van der Waals surface area contributed by atoms with Gasteiger partial charge in [0, 0.05) is 21.3 Å². The van der Waals surface area contributed by atoms with Crippen molar-refractivity contribution in [1.29, 1.82) is 0 Å². The molecule has 0 heterocycles. The van der Waals surface area contributed by atoms with Crippen molar-refractivity contribution in [2.24, 2.45) is 0 Å². The fourth-order valence-corrected chi connectivity index (χ4v) is 0.866. The van der Waals surface area contributed by atoms with E-state index in [1.54, 1.807) is 21.3 Å². The van der Waals surface area contributed by atoms with Crippen molar-refractivity contribution in [1.82, 2.24) is 0 Å². The van der Waals surface area contributed by atoms with E-state index in [4.69, 9.17) is 11.4 Å². The zero-order chi connectivity index (χ0) is 5.70. The molecular weight excluding hydrogens is 118 g/mol. The molecule has 0 fully saturated rings. The van der Waals surface area contributed by atoms with E-state index in [-0.39, 0.29) is 20.3 Å². The van der Waals surface area contributed by atoms with Gasteiger partial charge < -0.3 is 12.8 Å². The maximum absolute atomic E-state index is 4.74. The van der Waals surface area contributed by atoms with E-state index in [1.807, 2.05) is 0 Å². The molecule has 0 N–H and O–H groups in total. The first-order valence-electron chi connectivity index (χ1n) is 1.93. The van der Waals surface area contributed by atoms with Gasteiger partial charge in [-0.15, -0.1) is 0 Å². The van der Waals surface area contributed by atoms with Crippen molar-refractivity contribution < 1.29 is 31.7 Å². The van der Waals surface area contributed by atoms with Gasteiger partial charge in [-0.05, 0) is 0 Å². The molecular formula is C3H10AlLiO3. The Morgan fingerprint density at radius 1 is 1.00 bits per heavy atom. The first-order chi connectivity index (χ1) is 3.35. The third-order valence-electron chi connectivity index (χ3n) is 0.577. The largest absolute Gasteiger partial charge is 1.00 e. The van der Waals surface area contributed by atoms with Gasteiger partial charge >= 0.3 is 34.0 Å². The van der Waals surface area contributed by atoms with Gasteiger partial charge in [0.1, 0.15) is 0 Å². The van der Waals surface area contributed by atoms with Crippen molar-refractivity contribution in [2.45, 2.75) is 0 Å². The molecule has 0 amide bonds. The standard InChI is InChI=1S/3CH3O.Al.Li.H/c3*1-2;;;/h3*1H3;;;/q3*-1;+3;+1;-1. The Morgan fingerprint density at radius 3 is 1.25 bits per heavy atom. The number of hydrogen-bond acceptors (Lipinski definition) is 3. The molecule has 8 heavy (non-hydrogen) atoms. The van der Waals surface area contributed by atoms with Crippen molar-refractivity contribution in [3.8, 4) is 0 Å². The minimum Gasteiger partial charge on any atom is -1.00 e. The second-order valence-corrected chi connectivity index (χ2v) is 2.99. The Labute approximate surface area is 68.4 Å². The van der Waals surface area contributed by atoms with Crippen LogP contribution in [0.15, 0.2) is 0 Å². The molecule has 44 valence electrons. The molecule has 0 aliphatic carbocycles. The van der Waals surface area contributed by atoms with Gasteiger partial charge in [0.2, 0.25) is 0 Å². The topological polar surface area (TPSA) is 27.7 Å². The summed E-state index contributed by atoms with van der Waals surface area (Å²) in [7, 11) is 4.72. The Morgan fingerprint density at radius 2 is 1.25 bits per heavy atom. The van der Waals surface area contributed by atoms with Crippen molar-refractivity contribution in [2.75, 3.05) is 21.3 Å². The van der Waals surface area contributed by atoms with Gasteiger partial charge in [-0.2, -0.15) is 0 Å². The molecule has 0 radical (unpaired) electrons. The Kier molecular flexibility index (Phi) is 11.8. The molecule has 0 aromatic rings. The molecule has 0 saturated heterocycles. The average molecular weight is 128 g/mol. The maximum Gasteiger partial charge on any atom is 1.00 e. The Balaban J connectivity index is -0.000000180. The third kappa shape index (κ3) is 5.15. The molecule has 3 nitrogen and oxygen atoms in total. The third-order valence-corrected chi connectivity index (χ3v) is 1.73. The summed E-state index contributed by atoms with van der Waals surface area (Å²) >= 11 is -1.67. The van der Waals surface area contributed by atoms with Crippen LogP contribution in [0.25, 0.3) is 0 Å². The molecule has 0 atom stereocenters. The monoisotopic (exact) mass is 128 g/mol. The van der Waals surface area contributed by atoms with Crippen LogP contribution in [0.2, 0.25) is 0 Å². The first-order valence-corrected chi connectivity index (χ1v) is 3.35. The predicted octanol–water partition coefficient (Wildman–Crippen LogP) is -2.97. The molecule has 0 aromatic heterocycles. The van der Waals surface area contributed by atoms with E-state index >= 15 is 0 Å². The molecule has 0 spiro atoms. The van der Waals surface area contributed by atoms with Crippen LogP contribution < -0.4 is 18.9 Å². The van der Waals surface area contributed by atoms with Gasteiger partial charge in [-0.3, -0.25) is 0 Å². The second-order valence-electron chi connectivity index (χ2n) is 0.996. The minimum atomic E-state index is -1.67. The Hall–Kier alpha value is 1.01. The van der Waals surface area contributed by atoms with Crippen LogP contribution in [0.4, 0.5) is 0 Å². The predicted molar refractivity (Wildman–Crippen MR) is 27.9 cm³/mol. The van der Waals surface area contributed by atoms with E-state index < -0.39 is 15.1 Å². The van der Waals surface area contributed by atoms with Crippen LogP contribution in [0, 0.1) is 0 Å². The number of hydrogen-bond donors (Lipinski definition) is 0. The summed E-state index contributed by atoms with van der Waals surface area (Å²) in [5.41, 5.74) is 0. The summed E-state index contributed by atoms with van der Waals surface area (Å²) in [4.78, 5) is 0. The van der Waals surface area contributed by atoms with Gasteiger partial charge in [-0.25, -0.2) is 0 Å². The van der Waals surface area contributed by atoms with Gasteiger partial charge in [0.05, 0.1) is 0 Å².